The molecule has 1 saturated heterocycles. The van der Waals surface area contributed by atoms with Gasteiger partial charge in [0.2, 0.25) is 5.91 Å². The van der Waals surface area contributed by atoms with Crippen LogP contribution in [0.1, 0.15) is 20.8 Å². The Morgan fingerprint density at radius 1 is 1.05 bits per heavy atom. The summed E-state index contributed by atoms with van der Waals surface area (Å²) in [6, 6.07) is 15.8. The maximum atomic E-state index is 13.1. The number of carbonyl (C=O) groups excluding carboxylic acids is 4. The van der Waals surface area contributed by atoms with Crippen LogP contribution in [-0.4, -0.2) is 38.8 Å². The van der Waals surface area contributed by atoms with Gasteiger partial charge in [0.15, 0.2) is 5.78 Å². The topological polar surface area (TPSA) is 88.5 Å². The zero-order chi connectivity index (χ0) is 26.8. The van der Waals surface area contributed by atoms with E-state index in [0.29, 0.717) is 22.7 Å². The molecule has 192 valence electrons. The molecule has 2 aromatic carbocycles. The molecule has 0 bridgehead atoms. The largest absolute Gasteiger partial charge is 0.350 e. The second-order valence-electron chi connectivity index (χ2n) is 8.43. The lowest BCUT2D eigenvalue weighted by atomic mass is 10.1. The summed E-state index contributed by atoms with van der Waals surface area (Å²) in [7, 11) is 0. The maximum absolute atomic E-state index is 13.1. The predicted molar refractivity (Wildman–Crippen MR) is 154 cm³/mol. The highest BCUT2D eigenvalue weighted by atomic mass is 79.9. The van der Waals surface area contributed by atoms with Gasteiger partial charge in [0, 0.05) is 42.6 Å². The summed E-state index contributed by atoms with van der Waals surface area (Å²) in [6.07, 6.45) is 3.42. The van der Waals surface area contributed by atoms with Gasteiger partial charge in [-0.05, 0) is 71.7 Å². The second kappa shape index (κ2) is 11.3. The lowest BCUT2D eigenvalue weighted by Crippen LogP contribution is -2.33. The molecular weight excluding hydrogens is 610 g/mol. The number of hydrogen-bond acceptors (Lipinski definition) is 6. The molecule has 0 aliphatic carbocycles. The van der Waals surface area contributed by atoms with Crippen LogP contribution in [0.3, 0.4) is 0 Å². The molecule has 1 fully saturated rings. The molecule has 3 heterocycles. The van der Waals surface area contributed by atoms with Gasteiger partial charge in [-0.3, -0.25) is 24.1 Å². The van der Waals surface area contributed by atoms with Gasteiger partial charge >= 0.3 is 0 Å². The lowest BCUT2D eigenvalue weighted by molar-refractivity contribution is -0.123. The van der Waals surface area contributed by atoms with Crippen molar-refractivity contribution in [1.29, 1.82) is 0 Å². The van der Waals surface area contributed by atoms with Crippen molar-refractivity contribution in [3.05, 3.63) is 96.6 Å². The SMILES string of the molecule is O=C(Cn1cc(/C=C2\SC(=O)N(CC(=O)c3ccc(Cl)cc3)C2=O)c2cc(Br)ccc21)NCc1cccs1. The van der Waals surface area contributed by atoms with Crippen molar-refractivity contribution in [2.45, 2.75) is 13.1 Å². The van der Waals surface area contributed by atoms with E-state index >= 15 is 0 Å². The van der Waals surface area contributed by atoms with Crippen LogP contribution in [-0.2, 0) is 22.7 Å². The number of rotatable bonds is 8. The minimum Gasteiger partial charge on any atom is -0.350 e. The molecular formula is C27H19BrClN3O4S2. The van der Waals surface area contributed by atoms with Crippen LogP contribution < -0.4 is 5.32 Å². The molecule has 1 N–H and O–H groups in total. The average Bonchev–Trinajstić information content (AvgIpc) is 3.59. The summed E-state index contributed by atoms with van der Waals surface area (Å²) in [6.45, 7) is 0.186. The zero-order valence-corrected chi connectivity index (χ0v) is 23.6. The number of imide groups is 1. The molecule has 0 spiro atoms. The predicted octanol–water partition coefficient (Wildman–Crippen LogP) is 6.35. The van der Waals surface area contributed by atoms with Crippen LogP contribution in [0.2, 0.25) is 5.02 Å². The highest BCUT2D eigenvalue weighted by molar-refractivity contribution is 9.10. The van der Waals surface area contributed by atoms with Gasteiger partial charge in [0.1, 0.15) is 6.54 Å². The molecule has 1 aliphatic rings. The number of thioether (sulfide) groups is 1. The first kappa shape index (κ1) is 26.4. The first-order valence-electron chi connectivity index (χ1n) is 11.4. The molecule has 5 rings (SSSR count). The fourth-order valence-electron chi connectivity index (χ4n) is 4.00. The minimum atomic E-state index is -0.535. The molecule has 0 atom stereocenters. The first-order valence-corrected chi connectivity index (χ1v) is 14.3. The van der Waals surface area contributed by atoms with Crippen molar-refractivity contribution in [1.82, 2.24) is 14.8 Å². The van der Waals surface area contributed by atoms with Crippen LogP contribution in [0, 0.1) is 0 Å². The highest BCUT2D eigenvalue weighted by Crippen LogP contribution is 2.35. The number of thiophene rings is 1. The summed E-state index contributed by atoms with van der Waals surface area (Å²) in [5.74, 6) is -1.04. The summed E-state index contributed by atoms with van der Waals surface area (Å²) in [5, 5.41) is 5.67. The Kier molecular flexibility index (Phi) is 7.85. The third-order valence-corrected chi connectivity index (χ3v) is 8.38. The number of carbonyl (C=O) groups is 4. The van der Waals surface area contributed by atoms with Crippen LogP contribution in [0.15, 0.2) is 75.6 Å². The molecule has 11 heteroatoms. The number of ketones is 1. The van der Waals surface area contributed by atoms with Gasteiger partial charge in [0.05, 0.1) is 18.0 Å². The van der Waals surface area contributed by atoms with Crippen LogP contribution in [0.25, 0.3) is 17.0 Å². The molecule has 38 heavy (non-hydrogen) atoms. The molecule has 2 aromatic heterocycles. The highest BCUT2D eigenvalue weighted by Gasteiger charge is 2.36. The molecule has 7 nitrogen and oxygen atoms in total. The molecule has 1 aliphatic heterocycles. The number of fused-ring (bicyclic) bond motifs is 1. The number of nitrogens with one attached hydrogen (secondary N) is 1. The van der Waals surface area contributed by atoms with E-state index in [1.165, 1.54) is 0 Å². The van der Waals surface area contributed by atoms with Crippen molar-refractivity contribution >= 4 is 90.4 Å². The number of aromatic nitrogens is 1. The maximum Gasteiger partial charge on any atom is 0.293 e. The average molecular weight is 629 g/mol. The van der Waals surface area contributed by atoms with E-state index in [2.05, 4.69) is 21.2 Å². The van der Waals surface area contributed by atoms with Crippen molar-refractivity contribution in [3.63, 3.8) is 0 Å². The quantitative estimate of drug-likeness (QED) is 0.181. The number of Topliss-reactive ketones (excluding diaryl/α,β-unsaturated/α-hetero) is 1. The number of hydrogen-bond donors (Lipinski definition) is 1. The smallest absolute Gasteiger partial charge is 0.293 e. The Bertz CT molecular complexity index is 1600. The van der Waals surface area contributed by atoms with Crippen molar-refractivity contribution in [3.8, 4) is 0 Å². The monoisotopic (exact) mass is 627 g/mol. The number of nitrogens with zero attached hydrogens (tertiary/aromatic N) is 2. The Morgan fingerprint density at radius 2 is 1.84 bits per heavy atom. The van der Waals surface area contributed by atoms with E-state index in [1.807, 2.05) is 40.3 Å². The Labute approximate surface area is 239 Å². The lowest BCUT2D eigenvalue weighted by Gasteiger charge is -2.11. The Hall–Kier alpha value is -3.18. The van der Waals surface area contributed by atoms with Gasteiger partial charge < -0.3 is 9.88 Å². The Morgan fingerprint density at radius 3 is 2.58 bits per heavy atom. The standard InChI is InChI=1S/C27H19BrClN3O4S2/c28-18-5-8-22-21(11-18)17(13-31(22)15-25(34)30-12-20-2-1-9-37-20)10-24-26(35)32(27(36)38-24)14-23(33)16-3-6-19(29)7-4-16/h1-11,13H,12,14-15H2,(H,30,34)/b24-10-. The molecule has 0 unspecified atom stereocenters. The number of halogens is 2. The van der Waals surface area contributed by atoms with Crippen molar-refractivity contribution < 1.29 is 19.2 Å². The van der Waals surface area contributed by atoms with Crippen LogP contribution in [0.5, 0.6) is 0 Å². The normalized spacial score (nSPS) is 14.6. The van der Waals surface area contributed by atoms with E-state index < -0.39 is 11.1 Å². The first-order chi connectivity index (χ1) is 18.3. The summed E-state index contributed by atoms with van der Waals surface area (Å²) in [4.78, 5) is 53.2. The van der Waals surface area contributed by atoms with Gasteiger partial charge in [-0.1, -0.05) is 33.6 Å². The van der Waals surface area contributed by atoms with E-state index in [0.717, 1.165) is 36.9 Å². The van der Waals surface area contributed by atoms with Gasteiger partial charge in [-0.15, -0.1) is 11.3 Å². The van der Waals surface area contributed by atoms with Gasteiger partial charge in [-0.25, -0.2) is 0 Å². The fourth-order valence-corrected chi connectivity index (χ4v) is 5.96. The van der Waals surface area contributed by atoms with E-state index in [9.17, 15) is 19.2 Å². The Balaban J connectivity index is 1.37. The summed E-state index contributed by atoms with van der Waals surface area (Å²) >= 11 is 11.7. The third-order valence-electron chi connectivity index (χ3n) is 5.86. The molecule has 3 amide bonds. The molecule has 4 aromatic rings. The summed E-state index contributed by atoms with van der Waals surface area (Å²) < 4.78 is 2.65. The van der Waals surface area contributed by atoms with Crippen LogP contribution >= 0.6 is 50.6 Å². The van der Waals surface area contributed by atoms with Gasteiger partial charge in [0.25, 0.3) is 11.1 Å². The minimum absolute atomic E-state index is 0.0917. The van der Waals surface area contributed by atoms with E-state index in [-0.39, 0.29) is 29.7 Å². The fraction of sp³-hybridized carbons (Fsp3) is 0.111. The van der Waals surface area contributed by atoms with E-state index in [4.69, 9.17) is 11.6 Å². The van der Waals surface area contributed by atoms with Crippen LogP contribution in [0.4, 0.5) is 4.79 Å². The molecule has 0 radical (unpaired) electrons. The van der Waals surface area contributed by atoms with Crippen molar-refractivity contribution in [2.24, 2.45) is 0 Å². The van der Waals surface area contributed by atoms with Crippen molar-refractivity contribution in [2.75, 3.05) is 6.54 Å². The third kappa shape index (κ3) is 5.78. The second-order valence-corrected chi connectivity index (χ2v) is 11.8. The van der Waals surface area contributed by atoms with Gasteiger partial charge in [-0.2, -0.15) is 0 Å². The number of benzene rings is 2. The molecule has 0 saturated carbocycles. The summed E-state index contributed by atoms with van der Waals surface area (Å²) in [5.41, 5.74) is 1.85. The van der Waals surface area contributed by atoms with E-state index in [1.54, 1.807) is 47.9 Å². The zero-order valence-electron chi connectivity index (χ0n) is 19.6. The number of amides is 3.